The average Bonchev–Trinajstić information content (AvgIpc) is 2.61. The van der Waals surface area contributed by atoms with E-state index in [2.05, 4.69) is 50.1 Å². The van der Waals surface area contributed by atoms with Crippen LogP contribution in [0.4, 0.5) is 5.82 Å². The normalized spacial score (nSPS) is 12.5. The fraction of sp³-hybridized carbons (Fsp3) is 0.357. The zero-order chi connectivity index (χ0) is 12.4. The second kappa shape index (κ2) is 4.88. The average molecular weight is 246 g/mol. The SMILES string of the molecule is Cc1cc(C(C)Nc2ncccc2C)c(C)s1. The van der Waals surface area contributed by atoms with Crippen molar-refractivity contribution >= 4 is 17.2 Å². The van der Waals surface area contributed by atoms with Gasteiger partial charge in [-0.25, -0.2) is 4.98 Å². The summed E-state index contributed by atoms with van der Waals surface area (Å²) in [5.74, 6) is 0.975. The maximum Gasteiger partial charge on any atom is 0.129 e. The molecule has 0 saturated carbocycles. The summed E-state index contributed by atoms with van der Waals surface area (Å²) in [4.78, 5) is 7.12. The molecule has 90 valence electrons. The van der Waals surface area contributed by atoms with Crippen LogP contribution in [0.15, 0.2) is 24.4 Å². The van der Waals surface area contributed by atoms with Crippen molar-refractivity contribution in [2.45, 2.75) is 33.7 Å². The van der Waals surface area contributed by atoms with Crippen LogP contribution in [0.1, 0.15) is 33.8 Å². The van der Waals surface area contributed by atoms with Gasteiger partial charge in [0, 0.05) is 16.0 Å². The molecule has 2 nitrogen and oxygen atoms in total. The van der Waals surface area contributed by atoms with Crippen molar-refractivity contribution in [1.29, 1.82) is 0 Å². The summed E-state index contributed by atoms with van der Waals surface area (Å²) in [5.41, 5.74) is 2.56. The molecule has 0 saturated heterocycles. The second-order valence-corrected chi connectivity index (χ2v) is 5.86. The Morgan fingerprint density at radius 2 is 2.06 bits per heavy atom. The minimum absolute atomic E-state index is 0.300. The van der Waals surface area contributed by atoms with E-state index >= 15 is 0 Å². The van der Waals surface area contributed by atoms with Crippen LogP contribution < -0.4 is 5.32 Å². The summed E-state index contributed by atoms with van der Waals surface area (Å²) >= 11 is 1.85. The highest BCUT2D eigenvalue weighted by Gasteiger charge is 2.12. The number of rotatable bonds is 3. The molecule has 0 aliphatic heterocycles. The lowest BCUT2D eigenvalue weighted by Gasteiger charge is -2.16. The molecule has 0 aromatic carbocycles. The molecule has 0 radical (unpaired) electrons. The summed E-state index contributed by atoms with van der Waals surface area (Å²) in [6, 6.07) is 6.60. The van der Waals surface area contributed by atoms with Crippen molar-refractivity contribution in [2.75, 3.05) is 5.32 Å². The smallest absolute Gasteiger partial charge is 0.129 e. The van der Waals surface area contributed by atoms with Crippen LogP contribution in [0.5, 0.6) is 0 Å². The number of pyridine rings is 1. The first-order chi connectivity index (χ1) is 8.08. The second-order valence-electron chi connectivity index (χ2n) is 4.40. The Kier molecular flexibility index (Phi) is 3.48. The minimum Gasteiger partial charge on any atom is -0.363 e. The molecule has 17 heavy (non-hydrogen) atoms. The highest BCUT2D eigenvalue weighted by Crippen LogP contribution is 2.28. The lowest BCUT2D eigenvalue weighted by atomic mass is 10.1. The van der Waals surface area contributed by atoms with E-state index in [4.69, 9.17) is 0 Å². The number of thiophene rings is 1. The molecule has 2 rings (SSSR count). The predicted octanol–water partition coefficient (Wildman–Crippen LogP) is 4.24. The Balaban J connectivity index is 2.20. The number of aromatic nitrogens is 1. The van der Waals surface area contributed by atoms with Crippen molar-refractivity contribution in [3.8, 4) is 0 Å². The Morgan fingerprint density at radius 3 is 2.65 bits per heavy atom. The van der Waals surface area contributed by atoms with Crippen LogP contribution in [0.3, 0.4) is 0 Å². The Morgan fingerprint density at radius 1 is 1.29 bits per heavy atom. The van der Waals surface area contributed by atoms with Gasteiger partial charge in [-0.2, -0.15) is 0 Å². The number of nitrogens with zero attached hydrogens (tertiary/aromatic N) is 1. The first-order valence-corrected chi connectivity index (χ1v) is 6.64. The number of hydrogen-bond acceptors (Lipinski definition) is 3. The summed E-state index contributed by atoms with van der Waals surface area (Å²) in [5, 5.41) is 3.48. The third kappa shape index (κ3) is 2.67. The highest BCUT2D eigenvalue weighted by molar-refractivity contribution is 7.12. The fourth-order valence-electron chi connectivity index (χ4n) is 2.00. The molecule has 2 heterocycles. The van der Waals surface area contributed by atoms with Gasteiger partial charge in [0.05, 0.1) is 6.04 Å². The molecule has 2 aromatic rings. The molecule has 0 amide bonds. The molecule has 1 atom stereocenters. The first kappa shape index (κ1) is 12.1. The van der Waals surface area contributed by atoms with E-state index in [9.17, 15) is 0 Å². The summed E-state index contributed by atoms with van der Waals surface area (Å²) in [6.07, 6.45) is 1.83. The number of aryl methyl sites for hydroxylation is 3. The van der Waals surface area contributed by atoms with Gasteiger partial charge in [0.25, 0.3) is 0 Å². The van der Waals surface area contributed by atoms with E-state index in [-0.39, 0.29) is 0 Å². The van der Waals surface area contributed by atoms with E-state index < -0.39 is 0 Å². The van der Waals surface area contributed by atoms with Crippen LogP contribution in [0.2, 0.25) is 0 Å². The number of anilines is 1. The van der Waals surface area contributed by atoms with E-state index in [1.54, 1.807) is 0 Å². The fourth-order valence-corrected chi connectivity index (χ4v) is 3.02. The molecular weight excluding hydrogens is 228 g/mol. The summed E-state index contributed by atoms with van der Waals surface area (Å²) in [6.45, 7) is 8.59. The van der Waals surface area contributed by atoms with E-state index in [1.807, 2.05) is 23.6 Å². The standard InChI is InChI=1S/C14H18N2S/c1-9-6-5-7-15-14(9)16-11(3)13-8-10(2)17-12(13)4/h5-8,11H,1-4H3,(H,15,16). The minimum atomic E-state index is 0.300. The highest BCUT2D eigenvalue weighted by atomic mass is 32.1. The van der Waals surface area contributed by atoms with Gasteiger partial charge < -0.3 is 5.32 Å². The van der Waals surface area contributed by atoms with Gasteiger partial charge in [-0.05, 0) is 51.0 Å². The molecule has 1 N–H and O–H groups in total. The van der Waals surface area contributed by atoms with Gasteiger partial charge in [-0.3, -0.25) is 0 Å². The third-order valence-electron chi connectivity index (χ3n) is 2.91. The zero-order valence-electron chi connectivity index (χ0n) is 10.7. The monoisotopic (exact) mass is 246 g/mol. The maximum absolute atomic E-state index is 4.37. The number of nitrogens with one attached hydrogen (secondary N) is 1. The predicted molar refractivity (Wildman–Crippen MR) is 74.8 cm³/mol. The van der Waals surface area contributed by atoms with Crippen LogP contribution >= 0.6 is 11.3 Å². The maximum atomic E-state index is 4.37. The Hall–Kier alpha value is -1.35. The Labute approximate surface area is 107 Å². The van der Waals surface area contributed by atoms with E-state index in [0.717, 1.165) is 5.82 Å². The quantitative estimate of drug-likeness (QED) is 0.876. The van der Waals surface area contributed by atoms with E-state index in [0.29, 0.717) is 6.04 Å². The molecule has 0 bridgehead atoms. The topological polar surface area (TPSA) is 24.9 Å². The largest absolute Gasteiger partial charge is 0.363 e. The van der Waals surface area contributed by atoms with E-state index in [1.165, 1.54) is 20.9 Å². The summed E-state index contributed by atoms with van der Waals surface area (Å²) < 4.78 is 0. The van der Waals surface area contributed by atoms with Crippen molar-refractivity contribution in [3.63, 3.8) is 0 Å². The van der Waals surface area contributed by atoms with Crippen molar-refractivity contribution < 1.29 is 0 Å². The molecule has 2 aromatic heterocycles. The molecule has 3 heteroatoms. The van der Waals surface area contributed by atoms with Crippen molar-refractivity contribution in [2.24, 2.45) is 0 Å². The van der Waals surface area contributed by atoms with Gasteiger partial charge in [0.2, 0.25) is 0 Å². The van der Waals surface area contributed by atoms with Gasteiger partial charge in [0.1, 0.15) is 5.82 Å². The Bertz CT molecular complexity index is 517. The van der Waals surface area contributed by atoms with Crippen molar-refractivity contribution in [1.82, 2.24) is 4.98 Å². The van der Waals surface area contributed by atoms with Gasteiger partial charge in [-0.1, -0.05) is 6.07 Å². The first-order valence-electron chi connectivity index (χ1n) is 5.83. The molecule has 1 unspecified atom stereocenters. The molecule has 0 aliphatic carbocycles. The zero-order valence-corrected chi connectivity index (χ0v) is 11.6. The lowest BCUT2D eigenvalue weighted by Crippen LogP contribution is -2.09. The van der Waals surface area contributed by atoms with Crippen molar-refractivity contribution in [3.05, 3.63) is 45.3 Å². The molecular formula is C14H18N2S. The number of hydrogen-bond donors (Lipinski definition) is 1. The molecule has 0 spiro atoms. The van der Waals surface area contributed by atoms with Gasteiger partial charge in [0.15, 0.2) is 0 Å². The van der Waals surface area contributed by atoms with Gasteiger partial charge >= 0.3 is 0 Å². The lowest BCUT2D eigenvalue weighted by molar-refractivity contribution is 0.869. The molecule has 0 aliphatic rings. The van der Waals surface area contributed by atoms with Crippen LogP contribution in [-0.4, -0.2) is 4.98 Å². The summed E-state index contributed by atoms with van der Waals surface area (Å²) in [7, 11) is 0. The van der Waals surface area contributed by atoms with Crippen LogP contribution in [-0.2, 0) is 0 Å². The van der Waals surface area contributed by atoms with Crippen LogP contribution in [0, 0.1) is 20.8 Å². The van der Waals surface area contributed by atoms with Crippen LogP contribution in [0.25, 0.3) is 0 Å². The third-order valence-corrected chi connectivity index (χ3v) is 3.89. The van der Waals surface area contributed by atoms with Gasteiger partial charge in [-0.15, -0.1) is 11.3 Å². The molecule has 0 fully saturated rings.